The third kappa shape index (κ3) is 5.65. The molecule has 1 aliphatic heterocycles. The number of carbonyl (C=O) groups is 1. The minimum absolute atomic E-state index is 0.113. The third-order valence-electron chi connectivity index (χ3n) is 7.27. The van der Waals surface area contributed by atoms with Gasteiger partial charge in [-0.15, -0.1) is 0 Å². The van der Waals surface area contributed by atoms with Crippen molar-refractivity contribution in [3.63, 3.8) is 0 Å². The van der Waals surface area contributed by atoms with Crippen molar-refractivity contribution in [2.75, 3.05) is 20.2 Å². The second-order valence-corrected chi connectivity index (χ2v) is 10.8. The molecule has 0 saturated carbocycles. The molecule has 0 spiro atoms. The number of likely N-dealkylation sites (N-methyl/N-ethyl adjacent to an activating group) is 1. The number of rotatable bonds is 9. The number of methoxy groups -OCH3 is 1. The van der Waals surface area contributed by atoms with Gasteiger partial charge < -0.3 is 14.4 Å². The van der Waals surface area contributed by atoms with Gasteiger partial charge in [-0.2, -0.15) is 0 Å². The summed E-state index contributed by atoms with van der Waals surface area (Å²) in [5.74, 6) is 0.705. The minimum atomic E-state index is -0.693. The third-order valence-corrected chi connectivity index (χ3v) is 8.25. The van der Waals surface area contributed by atoms with Crippen LogP contribution in [0.5, 0.6) is 11.5 Å². The molecule has 0 saturated heterocycles. The van der Waals surface area contributed by atoms with Gasteiger partial charge in [-0.05, 0) is 56.7 Å². The van der Waals surface area contributed by atoms with E-state index < -0.39 is 6.04 Å². The molecule has 7 nitrogen and oxygen atoms in total. The van der Waals surface area contributed by atoms with E-state index in [2.05, 4.69) is 0 Å². The number of hydrogen-bond acceptors (Lipinski definition) is 6. The lowest BCUT2D eigenvalue weighted by Crippen LogP contribution is -2.43. The van der Waals surface area contributed by atoms with Crippen LogP contribution < -0.4 is 24.4 Å². The lowest BCUT2D eigenvalue weighted by molar-refractivity contribution is -0.127. The van der Waals surface area contributed by atoms with E-state index in [4.69, 9.17) is 14.5 Å². The van der Waals surface area contributed by atoms with Crippen LogP contribution in [-0.2, 0) is 11.4 Å². The molecule has 1 amide bonds. The molecule has 216 valence electrons. The van der Waals surface area contributed by atoms with E-state index in [1.54, 1.807) is 53.0 Å². The molecule has 0 N–H and O–H groups in total. The number of hydrogen-bond donors (Lipinski definition) is 0. The van der Waals surface area contributed by atoms with Gasteiger partial charge in [0.1, 0.15) is 30.0 Å². The van der Waals surface area contributed by atoms with Gasteiger partial charge in [-0.3, -0.25) is 14.2 Å². The smallest absolute Gasteiger partial charge is 0.271 e. The van der Waals surface area contributed by atoms with Crippen LogP contribution in [0.15, 0.2) is 93.9 Å². The van der Waals surface area contributed by atoms with Gasteiger partial charge in [0.05, 0.1) is 22.9 Å². The van der Waals surface area contributed by atoms with E-state index in [1.807, 2.05) is 57.2 Å². The molecular formula is C33H32FN3O4S. The Hall–Kier alpha value is -4.50. The standard InChI is InChI=1S/C33H32FN3O4S/c1-5-36(6-2)32(39)29-21(3)35-33-37(30(29)25-12-8-10-14-27(25)40-4)31(38)28(42-33)19-22-15-17-24(18-16-22)41-20-23-11-7-9-13-26(23)34/h7-19,30H,5-6,20H2,1-4H3/b28-19+/t30-/m1/s1. The van der Waals surface area contributed by atoms with Gasteiger partial charge in [-0.1, -0.05) is 59.9 Å². The molecule has 1 aromatic heterocycles. The fourth-order valence-electron chi connectivity index (χ4n) is 5.05. The Morgan fingerprint density at radius 1 is 1.05 bits per heavy atom. The number of carbonyl (C=O) groups excluding carboxylic acids is 1. The van der Waals surface area contributed by atoms with Crippen LogP contribution in [-0.4, -0.2) is 35.6 Å². The average molecular weight is 586 g/mol. The van der Waals surface area contributed by atoms with Crippen LogP contribution in [0.25, 0.3) is 6.08 Å². The minimum Gasteiger partial charge on any atom is -0.496 e. The largest absolute Gasteiger partial charge is 0.496 e. The van der Waals surface area contributed by atoms with Crippen molar-refractivity contribution < 1.29 is 18.7 Å². The van der Waals surface area contributed by atoms with E-state index in [1.165, 1.54) is 17.4 Å². The second-order valence-electron chi connectivity index (χ2n) is 9.75. The van der Waals surface area contributed by atoms with Gasteiger partial charge >= 0.3 is 0 Å². The van der Waals surface area contributed by atoms with Crippen LogP contribution in [0.3, 0.4) is 0 Å². The van der Waals surface area contributed by atoms with Crippen molar-refractivity contribution in [1.82, 2.24) is 9.47 Å². The zero-order chi connectivity index (χ0) is 29.8. The number of ether oxygens (including phenoxy) is 2. The van der Waals surface area contributed by atoms with Gasteiger partial charge in [0, 0.05) is 24.2 Å². The maximum atomic E-state index is 14.0. The molecule has 2 heterocycles. The van der Waals surface area contributed by atoms with Gasteiger partial charge in [-0.25, -0.2) is 9.38 Å². The van der Waals surface area contributed by atoms with Crippen LogP contribution in [0.1, 0.15) is 43.5 Å². The maximum Gasteiger partial charge on any atom is 0.271 e. The predicted octanol–water partition coefficient (Wildman–Crippen LogP) is 4.83. The Bertz CT molecular complexity index is 1820. The van der Waals surface area contributed by atoms with Crippen molar-refractivity contribution in [2.45, 2.75) is 33.4 Å². The van der Waals surface area contributed by atoms with Crippen LogP contribution in [0.4, 0.5) is 4.39 Å². The number of halogens is 1. The molecule has 1 aliphatic rings. The molecule has 3 aromatic carbocycles. The van der Waals surface area contributed by atoms with E-state index >= 15 is 0 Å². The summed E-state index contributed by atoms with van der Waals surface area (Å²) < 4.78 is 27.4. The number of para-hydroxylation sites is 1. The molecule has 0 bridgehead atoms. The molecule has 42 heavy (non-hydrogen) atoms. The Morgan fingerprint density at radius 2 is 1.74 bits per heavy atom. The van der Waals surface area contributed by atoms with Crippen molar-refractivity contribution in [3.05, 3.63) is 126 Å². The SMILES string of the molecule is CCN(CC)C(=O)C1=C(C)N=c2s/c(=C/c3ccc(OCc4ccccc4F)cc3)c(=O)n2[C@@H]1c1ccccc1OC. The summed E-state index contributed by atoms with van der Waals surface area (Å²) in [6.07, 6.45) is 1.80. The summed E-state index contributed by atoms with van der Waals surface area (Å²) in [5, 5.41) is 0. The monoisotopic (exact) mass is 585 g/mol. The summed E-state index contributed by atoms with van der Waals surface area (Å²) in [7, 11) is 1.58. The Morgan fingerprint density at radius 3 is 2.43 bits per heavy atom. The topological polar surface area (TPSA) is 73.1 Å². The summed E-state index contributed by atoms with van der Waals surface area (Å²) in [4.78, 5) is 34.7. The van der Waals surface area contributed by atoms with Crippen molar-refractivity contribution in [3.8, 4) is 11.5 Å². The highest BCUT2D eigenvalue weighted by molar-refractivity contribution is 7.07. The Labute approximate surface area is 247 Å². The first-order valence-electron chi connectivity index (χ1n) is 13.8. The van der Waals surface area contributed by atoms with E-state index in [9.17, 15) is 14.0 Å². The van der Waals surface area contributed by atoms with E-state index in [-0.39, 0.29) is 23.9 Å². The molecule has 0 aliphatic carbocycles. The molecule has 5 rings (SSSR count). The van der Waals surface area contributed by atoms with E-state index in [0.29, 0.717) is 56.3 Å². The number of benzene rings is 3. The second kappa shape index (κ2) is 12.6. The van der Waals surface area contributed by atoms with Crippen molar-refractivity contribution in [2.24, 2.45) is 4.99 Å². The molecule has 0 unspecified atom stereocenters. The molecule has 0 fully saturated rings. The predicted molar refractivity (Wildman–Crippen MR) is 162 cm³/mol. The molecular weight excluding hydrogens is 553 g/mol. The summed E-state index contributed by atoms with van der Waals surface area (Å²) in [6, 6.07) is 20.5. The van der Waals surface area contributed by atoms with Crippen LogP contribution >= 0.6 is 11.3 Å². The number of amides is 1. The highest BCUT2D eigenvalue weighted by Crippen LogP contribution is 2.36. The number of fused-ring (bicyclic) bond motifs is 1. The molecule has 1 atom stereocenters. The van der Waals surface area contributed by atoms with Crippen LogP contribution in [0, 0.1) is 5.82 Å². The lowest BCUT2D eigenvalue weighted by Gasteiger charge is -2.29. The van der Waals surface area contributed by atoms with Crippen molar-refractivity contribution >= 4 is 23.3 Å². The van der Waals surface area contributed by atoms with Crippen molar-refractivity contribution in [1.29, 1.82) is 0 Å². The summed E-state index contributed by atoms with van der Waals surface area (Å²) in [5.41, 5.74) is 2.77. The molecule has 4 aromatic rings. The van der Waals surface area contributed by atoms with Gasteiger partial charge in [0.2, 0.25) is 0 Å². The summed E-state index contributed by atoms with van der Waals surface area (Å²) in [6.45, 7) is 6.86. The molecule has 0 radical (unpaired) electrons. The zero-order valence-corrected chi connectivity index (χ0v) is 24.8. The number of nitrogens with zero attached hydrogens (tertiary/aromatic N) is 3. The Balaban J connectivity index is 1.54. The highest BCUT2D eigenvalue weighted by atomic mass is 32.1. The summed E-state index contributed by atoms with van der Waals surface area (Å²) >= 11 is 1.27. The lowest BCUT2D eigenvalue weighted by atomic mass is 9.94. The van der Waals surface area contributed by atoms with Crippen LogP contribution in [0.2, 0.25) is 0 Å². The number of thiazole rings is 1. The number of aromatic nitrogens is 1. The Kier molecular flexibility index (Phi) is 8.68. The first kappa shape index (κ1) is 29.0. The van der Waals surface area contributed by atoms with Gasteiger partial charge in [0.25, 0.3) is 11.5 Å². The quantitative estimate of drug-likeness (QED) is 0.282. The normalized spacial score (nSPS) is 14.8. The maximum absolute atomic E-state index is 14.0. The molecule has 9 heteroatoms. The average Bonchev–Trinajstić information content (AvgIpc) is 3.31. The van der Waals surface area contributed by atoms with Gasteiger partial charge in [0.15, 0.2) is 4.80 Å². The zero-order valence-electron chi connectivity index (χ0n) is 24.0. The first-order valence-corrected chi connectivity index (χ1v) is 14.6. The highest BCUT2D eigenvalue weighted by Gasteiger charge is 2.35. The first-order chi connectivity index (χ1) is 20.4. The fourth-order valence-corrected chi connectivity index (χ4v) is 6.10. The number of allylic oxidation sites excluding steroid dienone is 1. The fraction of sp³-hybridized carbons (Fsp3) is 0.242. The van der Waals surface area contributed by atoms with E-state index in [0.717, 1.165) is 5.56 Å².